The Labute approximate surface area is 125 Å². The second kappa shape index (κ2) is 8.35. The summed E-state index contributed by atoms with van der Waals surface area (Å²) in [5.74, 6) is -2.89. The van der Waals surface area contributed by atoms with E-state index in [1.807, 2.05) is 0 Å². The highest BCUT2D eigenvalue weighted by atomic mass is 16.7. The second-order valence-corrected chi connectivity index (χ2v) is 3.80. The van der Waals surface area contributed by atoms with Crippen LogP contribution in [0.2, 0.25) is 0 Å². The molecule has 0 unspecified atom stereocenters. The molecule has 1 aromatic rings. The van der Waals surface area contributed by atoms with Gasteiger partial charge >= 0.3 is 23.9 Å². The third-order valence-corrected chi connectivity index (χ3v) is 2.11. The van der Waals surface area contributed by atoms with Gasteiger partial charge in [-0.2, -0.15) is 0 Å². The highest BCUT2D eigenvalue weighted by Gasteiger charge is 2.14. The van der Waals surface area contributed by atoms with Gasteiger partial charge in [-0.3, -0.25) is 9.59 Å². The Kier molecular flexibility index (Phi) is 6.48. The van der Waals surface area contributed by atoms with Crippen molar-refractivity contribution in [1.29, 1.82) is 0 Å². The topological polar surface area (TPSA) is 118 Å². The third kappa shape index (κ3) is 5.99. The van der Waals surface area contributed by atoms with Gasteiger partial charge in [0.2, 0.25) is 13.6 Å². The van der Waals surface area contributed by atoms with Crippen LogP contribution in [0.15, 0.2) is 18.3 Å². The van der Waals surface area contributed by atoms with Crippen molar-refractivity contribution in [3.05, 3.63) is 29.6 Å². The summed E-state index contributed by atoms with van der Waals surface area (Å²) < 4.78 is 18.2. The molecule has 0 fully saturated rings. The number of rotatable bonds is 6. The van der Waals surface area contributed by atoms with Crippen LogP contribution in [0.3, 0.4) is 0 Å². The lowest BCUT2D eigenvalue weighted by molar-refractivity contribution is -0.150. The molecule has 9 nitrogen and oxygen atoms in total. The highest BCUT2D eigenvalue weighted by Crippen LogP contribution is 2.06. The van der Waals surface area contributed by atoms with Crippen LogP contribution < -0.4 is 0 Å². The lowest BCUT2D eigenvalue weighted by Gasteiger charge is -2.06. The molecular formula is C13H13NO8. The molecule has 1 heterocycles. The molecule has 0 saturated heterocycles. The fourth-order valence-electron chi connectivity index (χ4n) is 1.16. The number of carbonyl (C=O) groups is 4. The monoisotopic (exact) mass is 311 g/mol. The quantitative estimate of drug-likeness (QED) is 0.544. The van der Waals surface area contributed by atoms with E-state index < -0.39 is 37.5 Å². The van der Waals surface area contributed by atoms with Gasteiger partial charge in [0.1, 0.15) is 5.69 Å². The molecule has 22 heavy (non-hydrogen) atoms. The number of aromatic nitrogens is 1. The Morgan fingerprint density at radius 1 is 0.909 bits per heavy atom. The molecule has 0 aliphatic carbocycles. The van der Waals surface area contributed by atoms with Crippen LogP contribution in [0.1, 0.15) is 34.7 Å². The molecule has 0 aliphatic heterocycles. The predicted octanol–water partition coefficient (Wildman–Crippen LogP) is 0.436. The minimum Gasteiger partial charge on any atom is -0.428 e. The minimum atomic E-state index is -0.879. The van der Waals surface area contributed by atoms with E-state index in [-0.39, 0.29) is 11.3 Å². The molecule has 0 aliphatic rings. The molecule has 0 radical (unpaired) electrons. The van der Waals surface area contributed by atoms with Crippen LogP contribution in [0.4, 0.5) is 0 Å². The van der Waals surface area contributed by atoms with Crippen LogP contribution in [-0.4, -0.2) is 42.4 Å². The lowest BCUT2D eigenvalue weighted by Crippen LogP contribution is -2.14. The van der Waals surface area contributed by atoms with Crippen LogP contribution in [0.5, 0.6) is 0 Å². The molecule has 0 amide bonds. The van der Waals surface area contributed by atoms with Gasteiger partial charge in [0, 0.05) is 20.0 Å². The first-order chi connectivity index (χ1) is 10.4. The Morgan fingerprint density at radius 2 is 1.45 bits per heavy atom. The Balaban J connectivity index is 2.60. The van der Waals surface area contributed by atoms with Crippen molar-refractivity contribution in [2.24, 2.45) is 0 Å². The molecule has 118 valence electrons. The number of hydrogen-bond donors (Lipinski definition) is 0. The predicted molar refractivity (Wildman–Crippen MR) is 68.3 cm³/mol. The molecule has 0 N–H and O–H groups in total. The summed E-state index contributed by atoms with van der Waals surface area (Å²) in [5, 5.41) is 0. The van der Waals surface area contributed by atoms with Crippen molar-refractivity contribution >= 4 is 23.9 Å². The molecule has 9 heteroatoms. The molecule has 0 bridgehead atoms. The first-order valence-corrected chi connectivity index (χ1v) is 5.97. The van der Waals surface area contributed by atoms with Crippen molar-refractivity contribution in [2.75, 3.05) is 13.6 Å². The van der Waals surface area contributed by atoms with E-state index in [1.54, 1.807) is 0 Å². The number of carbonyl (C=O) groups excluding carboxylic acids is 4. The maximum absolute atomic E-state index is 11.6. The van der Waals surface area contributed by atoms with Crippen molar-refractivity contribution in [1.82, 2.24) is 4.98 Å². The van der Waals surface area contributed by atoms with Crippen LogP contribution in [0, 0.1) is 0 Å². The maximum atomic E-state index is 11.6. The van der Waals surface area contributed by atoms with E-state index in [9.17, 15) is 19.2 Å². The molecule has 0 spiro atoms. The van der Waals surface area contributed by atoms with Crippen LogP contribution in [0.25, 0.3) is 0 Å². The van der Waals surface area contributed by atoms with E-state index in [4.69, 9.17) is 0 Å². The molecule has 1 aromatic heterocycles. The highest BCUT2D eigenvalue weighted by molar-refractivity contribution is 5.93. The van der Waals surface area contributed by atoms with Gasteiger partial charge in [0.05, 0.1) is 5.56 Å². The molecule has 0 aromatic carbocycles. The first-order valence-electron chi connectivity index (χ1n) is 5.97. The van der Waals surface area contributed by atoms with Crippen molar-refractivity contribution in [2.45, 2.75) is 13.8 Å². The largest absolute Gasteiger partial charge is 0.428 e. The summed E-state index contributed by atoms with van der Waals surface area (Å²) in [6, 6.07) is 2.44. The number of pyridine rings is 1. The van der Waals surface area contributed by atoms with Gasteiger partial charge in [-0.25, -0.2) is 14.6 Å². The molecular weight excluding hydrogens is 298 g/mol. The summed E-state index contributed by atoms with van der Waals surface area (Å²) in [7, 11) is 0. The zero-order valence-corrected chi connectivity index (χ0v) is 11.9. The average molecular weight is 311 g/mol. The number of ether oxygens (including phenoxy) is 4. The minimum absolute atomic E-state index is 0.0154. The second-order valence-electron chi connectivity index (χ2n) is 3.80. The Bertz CT molecular complexity index is 536. The fourth-order valence-corrected chi connectivity index (χ4v) is 1.16. The van der Waals surface area contributed by atoms with E-state index in [0.717, 1.165) is 19.9 Å². The summed E-state index contributed by atoms with van der Waals surface area (Å²) in [5.41, 5.74) is -0.157. The van der Waals surface area contributed by atoms with Gasteiger partial charge < -0.3 is 18.9 Å². The van der Waals surface area contributed by atoms with Gasteiger partial charge in [-0.05, 0) is 12.1 Å². The lowest BCUT2D eigenvalue weighted by atomic mass is 10.2. The number of nitrogens with zero attached hydrogens (tertiary/aromatic N) is 1. The van der Waals surface area contributed by atoms with E-state index >= 15 is 0 Å². The standard InChI is InChI=1S/C13H13NO8/c1-8(15)19-6-21-12(17)10-3-4-14-11(5-10)13(18)22-7-20-9(2)16/h3-5H,6-7H2,1-2H3. The molecule has 1 rings (SSSR count). The summed E-state index contributed by atoms with van der Waals surface area (Å²) in [4.78, 5) is 48.0. The normalized spacial score (nSPS) is 9.55. The summed E-state index contributed by atoms with van der Waals surface area (Å²) in [6.45, 7) is 1.23. The van der Waals surface area contributed by atoms with E-state index in [2.05, 4.69) is 23.9 Å². The maximum Gasteiger partial charge on any atom is 0.359 e. The van der Waals surface area contributed by atoms with Crippen molar-refractivity contribution in [3.8, 4) is 0 Å². The fraction of sp³-hybridized carbons (Fsp3) is 0.308. The van der Waals surface area contributed by atoms with Crippen LogP contribution in [-0.2, 0) is 28.5 Å². The van der Waals surface area contributed by atoms with Crippen molar-refractivity contribution in [3.63, 3.8) is 0 Å². The zero-order chi connectivity index (χ0) is 16.5. The first kappa shape index (κ1) is 17.1. The number of hydrogen-bond acceptors (Lipinski definition) is 9. The summed E-state index contributed by atoms with van der Waals surface area (Å²) in [6.07, 6.45) is 1.20. The molecule has 0 atom stereocenters. The molecule has 0 saturated carbocycles. The van der Waals surface area contributed by atoms with E-state index in [0.29, 0.717) is 0 Å². The van der Waals surface area contributed by atoms with Gasteiger partial charge in [0.25, 0.3) is 0 Å². The Morgan fingerprint density at radius 3 is 2.00 bits per heavy atom. The number of esters is 4. The third-order valence-electron chi connectivity index (χ3n) is 2.11. The van der Waals surface area contributed by atoms with E-state index in [1.165, 1.54) is 12.3 Å². The van der Waals surface area contributed by atoms with Gasteiger partial charge in [0.15, 0.2) is 0 Å². The zero-order valence-electron chi connectivity index (χ0n) is 11.9. The van der Waals surface area contributed by atoms with Crippen LogP contribution >= 0.6 is 0 Å². The average Bonchev–Trinajstić information content (AvgIpc) is 2.46. The smallest absolute Gasteiger partial charge is 0.359 e. The summed E-state index contributed by atoms with van der Waals surface area (Å²) >= 11 is 0. The Hall–Kier alpha value is -2.97. The SMILES string of the molecule is CC(=O)OCOC(=O)c1ccnc(C(=O)OCOC(C)=O)c1. The van der Waals surface area contributed by atoms with Gasteiger partial charge in [-0.1, -0.05) is 0 Å². The van der Waals surface area contributed by atoms with Crippen molar-refractivity contribution < 1.29 is 38.1 Å². The van der Waals surface area contributed by atoms with Gasteiger partial charge in [-0.15, -0.1) is 0 Å².